The van der Waals surface area contributed by atoms with E-state index in [1.807, 2.05) is 0 Å². The van der Waals surface area contributed by atoms with E-state index in [0.29, 0.717) is 0 Å². The monoisotopic (exact) mass is 732 g/mol. The SMILES string of the molecule is OCC(F)(F)C(F)(F)C(F)(F)C(F)(F)C(F)(F)C(F)(F)C(F)(F)C(F)(F)C(F)(F)C(F)(F)C(F)(F)C(F)(F)C(F)(F)C(F)F. The Bertz CT molecular complexity index is 1040. The lowest BCUT2D eigenvalue weighted by molar-refractivity contribution is -0.483. The predicted molar refractivity (Wildman–Crippen MR) is 77.4 cm³/mol. The summed E-state index contributed by atoms with van der Waals surface area (Å²) in [5.41, 5.74) is 0. The summed E-state index contributed by atoms with van der Waals surface area (Å²) >= 11 is 0. The fourth-order valence-electron chi connectivity index (χ4n) is 2.45. The van der Waals surface area contributed by atoms with Crippen molar-refractivity contribution in [1.82, 2.24) is 0 Å². The molecule has 0 aliphatic rings. The first-order valence-electron chi connectivity index (χ1n) is 9.31. The molecule has 266 valence electrons. The molecule has 0 aliphatic heterocycles. The summed E-state index contributed by atoms with van der Waals surface area (Å²) in [7, 11) is 0. The molecule has 0 bridgehead atoms. The van der Waals surface area contributed by atoms with Gasteiger partial charge in [-0.2, -0.15) is 114 Å². The second-order valence-electron chi connectivity index (χ2n) is 8.10. The van der Waals surface area contributed by atoms with Crippen LogP contribution in [0, 0.1) is 0 Å². The summed E-state index contributed by atoms with van der Waals surface area (Å²) in [6.45, 7) is -3.83. The van der Waals surface area contributed by atoms with Gasteiger partial charge in [-0.3, -0.25) is 0 Å². The van der Waals surface area contributed by atoms with Crippen LogP contribution in [0.2, 0.25) is 0 Å². The van der Waals surface area contributed by atoms with Crippen LogP contribution in [0.4, 0.5) is 123 Å². The Labute approximate surface area is 219 Å². The van der Waals surface area contributed by atoms with E-state index in [0.717, 1.165) is 0 Å². The minimum absolute atomic E-state index is 3.83. The number of aliphatic hydroxyl groups is 1. The van der Waals surface area contributed by atoms with Gasteiger partial charge in [-0.25, -0.2) is 8.78 Å². The first kappa shape index (κ1) is 42.0. The van der Waals surface area contributed by atoms with Gasteiger partial charge in [0, 0.05) is 0 Å². The molecule has 0 rings (SSSR count). The van der Waals surface area contributed by atoms with Gasteiger partial charge in [0.15, 0.2) is 0 Å². The normalized spacial score (nSPS) is 17.0. The molecule has 0 atom stereocenters. The topological polar surface area (TPSA) is 20.2 Å². The zero-order valence-corrected chi connectivity index (χ0v) is 18.8. The van der Waals surface area contributed by atoms with E-state index in [-0.39, 0.29) is 0 Å². The maximum absolute atomic E-state index is 13.6. The Morgan fingerprint density at radius 1 is 0.295 bits per heavy atom. The minimum atomic E-state index is -9.85. The van der Waals surface area contributed by atoms with Crippen molar-refractivity contribution in [3.05, 3.63) is 0 Å². The largest absolute Gasteiger partial charge is 0.390 e. The zero-order chi connectivity index (χ0) is 36.8. The van der Waals surface area contributed by atoms with E-state index in [2.05, 4.69) is 0 Å². The first-order valence-corrected chi connectivity index (χ1v) is 9.31. The molecule has 0 fully saturated rings. The standard InChI is InChI=1S/C15H4F28O/c16-2(17)4(20,21)6(24,25)8(28,29)10(32,33)12(36,37)14(40,41)15(42,43)13(38,39)11(34,35)9(30,31)7(26,27)5(22,23)3(18,19)1-44/h2,44H,1H2. The van der Waals surface area contributed by atoms with Crippen LogP contribution in [0.1, 0.15) is 0 Å². The zero-order valence-electron chi connectivity index (χ0n) is 18.8. The molecular weight excluding hydrogens is 728 g/mol. The van der Waals surface area contributed by atoms with E-state index in [1.165, 1.54) is 0 Å². The summed E-state index contributed by atoms with van der Waals surface area (Å²) in [5, 5.41) is 7.81. The van der Waals surface area contributed by atoms with Gasteiger partial charge < -0.3 is 5.11 Å². The van der Waals surface area contributed by atoms with Crippen molar-refractivity contribution in [1.29, 1.82) is 0 Å². The number of halogens is 28. The lowest BCUT2D eigenvalue weighted by atomic mass is 9.83. The molecule has 0 spiro atoms. The molecule has 0 unspecified atom stereocenters. The van der Waals surface area contributed by atoms with E-state index in [9.17, 15) is 123 Å². The molecular formula is C15H4F28O. The van der Waals surface area contributed by atoms with Gasteiger partial charge in [-0.1, -0.05) is 0 Å². The highest BCUT2D eigenvalue weighted by Gasteiger charge is 3.00. The Kier molecular flexibility index (Phi) is 9.78. The third kappa shape index (κ3) is 4.60. The minimum Gasteiger partial charge on any atom is -0.390 e. The molecule has 44 heavy (non-hydrogen) atoms. The molecule has 0 amide bonds. The van der Waals surface area contributed by atoms with E-state index < -0.39 is 90.0 Å². The smallest absolute Gasteiger partial charge is 0.385 e. The quantitative estimate of drug-likeness (QED) is 0.178. The van der Waals surface area contributed by atoms with E-state index >= 15 is 0 Å². The van der Waals surface area contributed by atoms with Crippen molar-refractivity contribution in [3.63, 3.8) is 0 Å². The van der Waals surface area contributed by atoms with Gasteiger partial charge in [-0.15, -0.1) is 0 Å². The molecule has 1 nitrogen and oxygen atoms in total. The third-order valence-electron chi connectivity index (χ3n) is 5.29. The van der Waals surface area contributed by atoms with Gasteiger partial charge in [-0.05, 0) is 0 Å². The Morgan fingerprint density at radius 2 is 0.455 bits per heavy atom. The Morgan fingerprint density at radius 3 is 0.614 bits per heavy atom. The molecule has 0 aliphatic carbocycles. The van der Waals surface area contributed by atoms with Gasteiger partial charge >= 0.3 is 83.4 Å². The second kappa shape index (κ2) is 10.2. The lowest BCUT2D eigenvalue weighted by Gasteiger charge is -2.46. The molecule has 0 heterocycles. The van der Waals surface area contributed by atoms with Crippen LogP contribution in [-0.4, -0.2) is 95.1 Å². The second-order valence-corrected chi connectivity index (χ2v) is 8.10. The van der Waals surface area contributed by atoms with Gasteiger partial charge in [0.2, 0.25) is 0 Å². The molecule has 0 aromatic carbocycles. The number of rotatable bonds is 14. The number of alkyl halides is 28. The summed E-state index contributed by atoms with van der Waals surface area (Å²) in [6.07, 6.45) is -6.38. The number of aliphatic hydroxyl groups excluding tert-OH is 1. The lowest BCUT2D eigenvalue weighted by Crippen LogP contribution is -2.79. The summed E-state index contributed by atoms with van der Waals surface area (Å²) in [6, 6.07) is 0. The maximum atomic E-state index is 13.6. The van der Waals surface area contributed by atoms with Crippen LogP contribution in [-0.2, 0) is 0 Å². The molecule has 0 radical (unpaired) electrons. The van der Waals surface area contributed by atoms with E-state index in [1.54, 1.807) is 0 Å². The predicted octanol–water partition coefficient (Wildman–Crippen LogP) is 8.50. The Balaban J connectivity index is 7.49. The molecule has 29 heteroatoms. The van der Waals surface area contributed by atoms with Crippen LogP contribution in [0.15, 0.2) is 0 Å². The van der Waals surface area contributed by atoms with Crippen molar-refractivity contribution in [2.24, 2.45) is 0 Å². The van der Waals surface area contributed by atoms with Crippen LogP contribution in [0.5, 0.6) is 0 Å². The van der Waals surface area contributed by atoms with Crippen molar-refractivity contribution in [2.45, 2.75) is 83.4 Å². The molecule has 0 saturated heterocycles. The van der Waals surface area contributed by atoms with Crippen molar-refractivity contribution >= 4 is 0 Å². The highest BCUT2D eigenvalue weighted by Crippen LogP contribution is 2.68. The maximum Gasteiger partial charge on any atom is 0.385 e. The molecule has 0 saturated carbocycles. The van der Waals surface area contributed by atoms with Crippen LogP contribution in [0.25, 0.3) is 0 Å². The van der Waals surface area contributed by atoms with Crippen molar-refractivity contribution in [3.8, 4) is 0 Å². The third-order valence-corrected chi connectivity index (χ3v) is 5.29. The van der Waals surface area contributed by atoms with E-state index in [4.69, 9.17) is 5.11 Å². The van der Waals surface area contributed by atoms with Gasteiger partial charge in [0.25, 0.3) is 0 Å². The fraction of sp³-hybridized carbons (Fsp3) is 1.00. The van der Waals surface area contributed by atoms with Gasteiger partial charge in [0.05, 0.1) is 0 Å². The highest BCUT2D eigenvalue weighted by atomic mass is 19.4. The highest BCUT2D eigenvalue weighted by molar-refractivity contribution is 5.20. The number of hydrogen-bond donors (Lipinski definition) is 1. The summed E-state index contributed by atoms with van der Waals surface area (Å²) < 4.78 is 370. The molecule has 0 aromatic rings. The summed E-state index contributed by atoms with van der Waals surface area (Å²) in [4.78, 5) is 0. The van der Waals surface area contributed by atoms with Crippen molar-refractivity contribution in [2.75, 3.05) is 6.61 Å². The fourth-order valence-corrected chi connectivity index (χ4v) is 2.45. The Hall–Kier alpha value is -2.00. The number of hydrogen-bond acceptors (Lipinski definition) is 1. The average molecular weight is 732 g/mol. The average Bonchev–Trinajstić information content (AvgIpc) is 2.82. The molecule has 1 N–H and O–H groups in total. The van der Waals surface area contributed by atoms with Crippen LogP contribution >= 0.6 is 0 Å². The van der Waals surface area contributed by atoms with Crippen LogP contribution < -0.4 is 0 Å². The summed E-state index contributed by atoms with van der Waals surface area (Å²) in [5.74, 6) is -119. The van der Waals surface area contributed by atoms with Crippen molar-refractivity contribution < 1.29 is 128 Å². The first-order chi connectivity index (χ1) is 18.5. The molecule has 0 aromatic heterocycles. The van der Waals surface area contributed by atoms with Gasteiger partial charge in [0.1, 0.15) is 6.61 Å². The van der Waals surface area contributed by atoms with Crippen LogP contribution in [0.3, 0.4) is 0 Å².